The monoisotopic (exact) mass is 383 g/mol. The molecule has 3 rings (SSSR count). The van der Waals surface area contributed by atoms with Crippen molar-refractivity contribution in [3.05, 3.63) is 33.9 Å². The molecule has 2 fully saturated rings. The molecule has 1 atom stereocenters. The third-order valence-corrected chi connectivity index (χ3v) is 6.80. The minimum atomic E-state index is -3.86. The van der Waals surface area contributed by atoms with E-state index in [2.05, 4.69) is 0 Å². The first kappa shape index (κ1) is 18.7. The molecule has 26 heavy (non-hydrogen) atoms. The van der Waals surface area contributed by atoms with Gasteiger partial charge < -0.3 is 9.64 Å². The van der Waals surface area contributed by atoms with Crippen LogP contribution < -0.4 is 0 Å². The van der Waals surface area contributed by atoms with E-state index in [4.69, 9.17) is 4.74 Å². The summed E-state index contributed by atoms with van der Waals surface area (Å²) in [6.07, 6.45) is 1.14. The van der Waals surface area contributed by atoms with Crippen molar-refractivity contribution in [3.63, 3.8) is 0 Å². The second-order valence-electron chi connectivity index (χ2n) is 6.44. The summed E-state index contributed by atoms with van der Waals surface area (Å²) in [4.78, 5) is 24.3. The lowest BCUT2D eigenvalue weighted by atomic mass is 10.2. The molecule has 0 spiro atoms. The molecule has 0 radical (unpaired) electrons. The summed E-state index contributed by atoms with van der Waals surface area (Å²) < 4.78 is 32.5. The van der Waals surface area contributed by atoms with Crippen molar-refractivity contribution in [2.75, 3.05) is 32.8 Å². The summed E-state index contributed by atoms with van der Waals surface area (Å²) >= 11 is 0. The largest absolute Gasteiger partial charge is 0.368 e. The Kier molecular flexibility index (Phi) is 5.26. The number of benzene rings is 1. The molecule has 0 aliphatic carbocycles. The van der Waals surface area contributed by atoms with E-state index in [0.717, 1.165) is 12.5 Å². The molecule has 2 aliphatic rings. The third kappa shape index (κ3) is 3.57. The number of amides is 1. The summed E-state index contributed by atoms with van der Waals surface area (Å²) in [6, 6.07) is 3.81. The highest BCUT2D eigenvalue weighted by atomic mass is 32.2. The van der Waals surface area contributed by atoms with Gasteiger partial charge in [-0.15, -0.1) is 0 Å². The smallest absolute Gasteiger partial charge is 0.270 e. The minimum Gasteiger partial charge on any atom is -0.368 e. The number of carbonyl (C=O) groups is 1. The normalized spacial score (nSPS) is 21.7. The Morgan fingerprint density at radius 2 is 1.96 bits per heavy atom. The molecule has 0 saturated carbocycles. The summed E-state index contributed by atoms with van der Waals surface area (Å²) in [5.74, 6) is -0.0916. The van der Waals surface area contributed by atoms with E-state index in [9.17, 15) is 23.3 Å². The second-order valence-corrected chi connectivity index (χ2v) is 8.34. The van der Waals surface area contributed by atoms with Gasteiger partial charge in [-0.25, -0.2) is 8.42 Å². The number of nitrogens with zero attached hydrogens (tertiary/aromatic N) is 3. The van der Waals surface area contributed by atoms with Gasteiger partial charge in [0, 0.05) is 44.9 Å². The number of sulfonamides is 1. The van der Waals surface area contributed by atoms with Crippen LogP contribution in [0.25, 0.3) is 0 Å². The van der Waals surface area contributed by atoms with Crippen molar-refractivity contribution in [2.45, 2.75) is 30.8 Å². The number of hydrogen-bond donors (Lipinski definition) is 0. The first-order valence-corrected chi connectivity index (χ1v) is 9.90. The molecule has 0 bridgehead atoms. The highest BCUT2D eigenvalue weighted by Crippen LogP contribution is 2.26. The average Bonchev–Trinajstić information content (AvgIpc) is 3.16. The van der Waals surface area contributed by atoms with Crippen molar-refractivity contribution in [2.24, 2.45) is 0 Å². The van der Waals surface area contributed by atoms with Gasteiger partial charge in [0.2, 0.25) is 10.0 Å². The van der Waals surface area contributed by atoms with Crippen molar-refractivity contribution in [1.29, 1.82) is 0 Å². The van der Waals surface area contributed by atoms with Gasteiger partial charge in [0.05, 0.1) is 9.82 Å². The molecule has 2 heterocycles. The first-order chi connectivity index (χ1) is 12.3. The van der Waals surface area contributed by atoms with Gasteiger partial charge in [-0.05, 0) is 25.3 Å². The highest BCUT2D eigenvalue weighted by Gasteiger charge is 2.35. The number of ether oxygens (including phenoxy) is 1. The first-order valence-electron chi connectivity index (χ1n) is 8.46. The van der Waals surface area contributed by atoms with Crippen LogP contribution in [0.1, 0.15) is 18.4 Å². The zero-order valence-electron chi connectivity index (χ0n) is 14.5. The maximum absolute atomic E-state index is 12.9. The molecule has 1 amide bonds. The van der Waals surface area contributed by atoms with Crippen LogP contribution in [0.3, 0.4) is 0 Å². The van der Waals surface area contributed by atoms with Crippen LogP contribution in [0.2, 0.25) is 0 Å². The number of non-ortho nitro benzene ring substituents is 1. The maximum atomic E-state index is 12.9. The van der Waals surface area contributed by atoms with Gasteiger partial charge in [-0.2, -0.15) is 4.31 Å². The molecule has 0 aromatic heterocycles. The fourth-order valence-electron chi connectivity index (χ4n) is 3.24. The van der Waals surface area contributed by atoms with E-state index in [0.29, 0.717) is 18.6 Å². The van der Waals surface area contributed by atoms with Gasteiger partial charge in [-0.1, -0.05) is 6.07 Å². The molecule has 2 saturated heterocycles. The predicted molar refractivity (Wildman–Crippen MR) is 92.1 cm³/mol. The molecule has 10 heteroatoms. The van der Waals surface area contributed by atoms with E-state index >= 15 is 0 Å². The summed E-state index contributed by atoms with van der Waals surface area (Å²) in [5.41, 5.74) is 0.190. The van der Waals surface area contributed by atoms with Crippen LogP contribution in [-0.4, -0.2) is 67.3 Å². The maximum Gasteiger partial charge on any atom is 0.270 e. The van der Waals surface area contributed by atoms with Crippen LogP contribution in [0.5, 0.6) is 0 Å². The molecule has 0 N–H and O–H groups in total. The van der Waals surface area contributed by atoms with E-state index in [-0.39, 0.29) is 42.7 Å². The Labute approximate surface area is 151 Å². The van der Waals surface area contributed by atoms with Crippen molar-refractivity contribution in [1.82, 2.24) is 9.21 Å². The van der Waals surface area contributed by atoms with Gasteiger partial charge in [0.15, 0.2) is 0 Å². The van der Waals surface area contributed by atoms with Gasteiger partial charge in [0.25, 0.3) is 11.6 Å². The zero-order chi connectivity index (χ0) is 18.9. The molecular formula is C16H21N3O6S. The number of aryl methyl sites for hydroxylation is 1. The van der Waals surface area contributed by atoms with Crippen molar-refractivity contribution < 1.29 is 22.9 Å². The Hall–Kier alpha value is -2.04. The Morgan fingerprint density at radius 1 is 1.27 bits per heavy atom. The molecule has 1 aromatic rings. The Balaban J connectivity index is 1.73. The summed E-state index contributed by atoms with van der Waals surface area (Å²) in [6.45, 7) is 3.06. The minimum absolute atomic E-state index is 0.0643. The lowest BCUT2D eigenvalue weighted by Gasteiger charge is -2.35. The molecular weight excluding hydrogens is 362 g/mol. The van der Waals surface area contributed by atoms with Crippen LogP contribution in [-0.2, 0) is 19.6 Å². The van der Waals surface area contributed by atoms with Crippen LogP contribution in [0, 0.1) is 17.0 Å². The number of hydrogen-bond acceptors (Lipinski definition) is 6. The average molecular weight is 383 g/mol. The molecule has 0 unspecified atom stereocenters. The fraction of sp³-hybridized carbons (Fsp3) is 0.562. The topological polar surface area (TPSA) is 110 Å². The number of rotatable bonds is 4. The number of carbonyl (C=O) groups excluding carboxylic acids is 1. The SMILES string of the molecule is Cc1ccc([N+](=O)[O-])cc1S(=O)(=O)N1CCN(C(=O)[C@H]2CCCO2)CC1. The standard InChI is InChI=1S/C16H21N3O6S/c1-12-4-5-13(19(21)22)11-15(12)26(23,24)18-8-6-17(7-9-18)16(20)14-3-2-10-25-14/h4-5,11,14H,2-3,6-10H2,1H3/t14-/m1/s1. The zero-order valence-corrected chi connectivity index (χ0v) is 15.3. The molecule has 2 aliphatic heterocycles. The second kappa shape index (κ2) is 7.29. The van der Waals surface area contributed by atoms with Gasteiger partial charge in [-0.3, -0.25) is 14.9 Å². The van der Waals surface area contributed by atoms with Crippen molar-refractivity contribution in [3.8, 4) is 0 Å². The number of piperazine rings is 1. The quantitative estimate of drug-likeness (QED) is 0.565. The Bertz CT molecular complexity index is 811. The molecule has 142 valence electrons. The lowest BCUT2D eigenvalue weighted by Crippen LogP contribution is -2.52. The van der Waals surface area contributed by atoms with E-state index < -0.39 is 21.1 Å². The highest BCUT2D eigenvalue weighted by molar-refractivity contribution is 7.89. The van der Waals surface area contributed by atoms with Crippen molar-refractivity contribution >= 4 is 21.6 Å². The number of nitro benzene ring substituents is 1. The van der Waals surface area contributed by atoms with Crippen LogP contribution >= 0.6 is 0 Å². The van der Waals surface area contributed by atoms with E-state index in [1.165, 1.54) is 16.4 Å². The predicted octanol–water partition coefficient (Wildman–Crippen LogP) is 0.915. The fourth-order valence-corrected chi connectivity index (χ4v) is 4.91. The van der Waals surface area contributed by atoms with Crippen LogP contribution in [0.4, 0.5) is 5.69 Å². The van der Waals surface area contributed by atoms with Gasteiger partial charge >= 0.3 is 0 Å². The molecule has 9 nitrogen and oxygen atoms in total. The Morgan fingerprint density at radius 3 is 2.54 bits per heavy atom. The third-order valence-electron chi connectivity index (χ3n) is 4.76. The summed E-state index contributed by atoms with van der Waals surface area (Å²) in [7, 11) is -3.86. The molecule has 1 aromatic carbocycles. The van der Waals surface area contributed by atoms with Crippen LogP contribution in [0.15, 0.2) is 23.1 Å². The number of nitro groups is 1. The lowest BCUT2D eigenvalue weighted by molar-refractivity contribution is -0.385. The van der Waals surface area contributed by atoms with E-state index in [1.807, 2.05) is 0 Å². The van der Waals surface area contributed by atoms with E-state index in [1.54, 1.807) is 11.8 Å². The summed E-state index contributed by atoms with van der Waals surface area (Å²) in [5, 5.41) is 11.0. The van der Waals surface area contributed by atoms with Gasteiger partial charge in [0.1, 0.15) is 6.10 Å².